The van der Waals surface area contributed by atoms with Gasteiger partial charge in [-0.25, -0.2) is 5.48 Å². The molecule has 28 heavy (non-hydrogen) atoms. The van der Waals surface area contributed by atoms with Gasteiger partial charge in [0.15, 0.2) is 5.82 Å². The molecule has 8 nitrogen and oxygen atoms in total. The highest BCUT2D eigenvalue weighted by Crippen LogP contribution is 2.32. The van der Waals surface area contributed by atoms with Crippen molar-refractivity contribution in [3.63, 3.8) is 0 Å². The normalized spacial score (nSPS) is 18.1. The minimum Gasteiger partial charge on any atom is -0.296 e. The van der Waals surface area contributed by atoms with Crippen molar-refractivity contribution >= 4 is 12.0 Å². The fraction of sp³-hybridized carbons (Fsp3) is 0.500. The summed E-state index contributed by atoms with van der Waals surface area (Å²) in [6.45, 7) is 8.15. The summed E-state index contributed by atoms with van der Waals surface area (Å²) in [4.78, 5) is 15.2. The zero-order valence-corrected chi connectivity index (χ0v) is 16.7. The Morgan fingerprint density at radius 3 is 2.71 bits per heavy atom. The second-order valence-electron chi connectivity index (χ2n) is 8.09. The zero-order valence-electron chi connectivity index (χ0n) is 16.7. The largest absolute Gasteiger partial charge is 0.296 e. The molecule has 2 N–H and O–H groups in total. The molecule has 0 spiro atoms. The van der Waals surface area contributed by atoms with Crippen molar-refractivity contribution in [3.8, 4) is 0 Å². The van der Waals surface area contributed by atoms with Crippen LogP contribution in [0.15, 0.2) is 30.3 Å². The summed E-state index contributed by atoms with van der Waals surface area (Å²) in [5.41, 5.74) is 3.62. The van der Waals surface area contributed by atoms with E-state index in [0.29, 0.717) is 6.04 Å². The summed E-state index contributed by atoms with van der Waals surface area (Å²) in [5, 5.41) is 21.4. The Bertz CT molecular complexity index is 822. The van der Waals surface area contributed by atoms with E-state index in [1.165, 1.54) is 18.1 Å². The highest BCUT2D eigenvalue weighted by atomic mass is 16.5. The SMILES string of the molecule is CC(C)(C)n1nnc(CCN2CCCC2c2ccc(C=CC(=O)NO)cc2)n1. The number of amides is 1. The topological polar surface area (TPSA) is 96.2 Å². The number of nitrogens with zero attached hydrogens (tertiary/aromatic N) is 5. The van der Waals surface area contributed by atoms with Crippen LogP contribution in [0.2, 0.25) is 0 Å². The van der Waals surface area contributed by atoms with Crippen LogP contribution in [0.4, 0.5) is 0 Å². The van der Waals surface area contributed by atoms with Crippen LogP contribution < -0.4 is 5.48 Å². The second kappa shape index (κ2) is 8.62. The smallest absolute Gasteiger partial charge is 0.267 e. The molecule has 8 heteroatoms. The molecule has 1 fully saturated rings. The van der Waals surface area contributed by atoms with Gasteiger partial charge in [-0.05, 0) is 62.6 Å². The quantitative estimate of drug-likeness (QED) is 0.451. The molecule has 1 aromatic heterocycles. The van der Waals surface area contributed by atoms with Gasteiger partial charge in [0.2, 0.25) is 0 Å². The number of carbonyl (C=O) groups is 1. The monoisotopic (exact) mass is 384 g/mol. The van der Waals surface area contributed by atoms with E-state index < -0.39 is 5.91 Å². The summed E-state index contributed by atoms with van der Waals surface area (Å²) in [7, 11) is 0. The fourth-order valence-corrected chi connectivity index (χ4v) is 3.38. The number of benzene rings is 1. The van der Waals surface area contributed by atoms with Crippen LogP contribution in [0.1, 0.15) is 56.6 Å². The zero-order chi connectivity index (χ0) is 20.1. The standard InChI is InChI=1S/C20H28N6O2/c1-20(2,3)26-22-18(21-24-26)12-14-25-13-4-5-17(25)16-9-6-15(7-10-16)8-11-19(27)23-28/h6-11,17,28H,4-5,12-14H2,1-3H3,(H,23,27). The first-order chi connectivity index (χ1) is 13.4. The molecule has 3 rings (SSSR count). The third-order valence-electron chi connectivity index (χ3n) is 4.90. The van der Waals surface area contributed by atoms with E-state index >= 15 is 0 Å². The predicted octanol–water partition coefficient (Wildman–Crippen LogP) is 2.33. The summed E-state index contributed by atoms with van der Waals surface area (Å²) in [6.07, 6.45) is 6.06. The maximum Gasteiger partial charge on any atom is 0.267 e. The molecule has 1 saturated heterocycles. The molecule has 1 atom stereocenters. The van der Waals surface area contributed by atoms with Crippen molar-refractivity contribution in [2.75, 3.05) is 13.1 Å². The second-order valence-corrected chi connectivity index (χ2v) is 8.09. The number of tetrazole rings is 1. The van der Waals surface area contributed by atoms with Crippen molar-refractivity contribution in [1.29, 1.82) is 0 Å². The minimum atomic E-state index is -0.539. The number of nitrogens with one attached hydrogen (secondary N) is 1. The number of hydroxylamine groups is 1. The number of hydrogen-bond acceptors (Lipinski definition) is 6. The third kappa shape index (κ3) is 5.02. The Balaban J connectivity index is 1.60. The Kier molecular flexibility index (Phi) is 6.21. The van der Waals surface area contributed by atoms with Crippen molar-refractivity contribution in [3.05, 3.63) is 47.3 Å². The van der Waals surface area contributed by atoms with Gasteiger partial charge in [0, 0.05) is 25.1 Å². The minimum absolute atomic E-state index is 0.157. The lowest BCUT2D eigenvalue weighted by Crippen LogP contribution is -2.26. The van der Waals surface area contributed by atoms with Crippen LogP contribution in [-0.4, -0.2) is 49.3 Å². The molecule has 1 aromatic carbocycles. The van der Waals surface area contributed by atoms with Crippen LogP contribution in [0.3, 0.4) is 0 Å². The van der Waals surface area contributed by atoms with E-state index in [2.05, 4.69) is 53.2 Å². The fourth-order valence-electron chi connectivity index (χ4n) is 3.38. The maximum atomic E-state index is 11.1. The van der Waals surface area contributed by atoms with Gasteiger partial charge in [-0.15, -0.1) is 10.2 Å². The third-order valence-corrected chi connectivity index (χ3v) is 4.90. The molecule has 1 aliphatic heterocycles. The van der Waals surface area contributed by atoms with Crippen molar-refractivity contribution < 1.29 is 10.0 Å². The maximum absolute atomic E-state index is 11.1. The average Bonchev–Trinajstić information content (AvgIpc) is 3.33. The summed E-state index contributed by atoms with van der Waals surface area (Å²) in [6, 6.07) is 8.57. The Morgan fingerprint density at radius 2 is 2.07 bits per heavy atom. The van der Waals surface area contributed by atoms with Crippen LogP contribution in [0, 0.1) is 0 Å². The molecule has 150 valence electrons. The van der Waals surface area contributed by atoms with Crippen LogP contribution in [0.5, 0.6) is 0 Å². The van der Waals surface area contributed by atoms with Crippen LogP contribution in [-0.2, 0) is 16.8 Å². The Morgan fingerprint density at radius 1 is 1.32 bits per heavy atom. The van der Waals surface area contributed by atoms with Crippen LogP contribution >= 0.6 is 0 Å². The van der Waals surface area contributed by atoms with Gasteiger partial charge in [0.05, 0.1) is 5.54 Å². The van der Waals surface area contributed by atoms with Gasteiger partial charge in [-0.2, -0.15) is 4.80 Å². The van der Waals surface area contributed by atoms with Crippen molar-refractivity contribution in [2.24, 2.45) is 0 Å². The number of carbonyl (C=O) groups excluding carboxylic acids is 1. The van der Waals surface area contributed by atoms with Crippen molar-refractivity contribution in [1.82, 2.24) is 30.6 Å². The summed E-state index contributed by atoms with van der Waals surface area (Å²) < 4.78 is 0. The lowest BCUT2D eigenvalue weighted by atomic mass is 10.0. The molecule has 0 saturated carbocycles. The lowest BCUT2D eigenvalue weighted by molar-refractivity contribution is -0.124. The van der Waals surface area contributed by atoms with E-state index in [9.17, 15) is 4.79 Å². The van der Waals surface area contributed by atoms with Crippen molar-refractivity contribution in [2.45, 2.75) is 51.6 Å². The van der Waals surface area contributed by atoms with Gasteiger partial charge in [-0.1, -0.05) is 24.3 Å². The van der Waals surface area contributed by atoms with E-state index in [1.807, 2.05) is 12.1 Å². The van der Waals surface area contributed by atoms with E-state index in [-0.39, 0.29) is 5.54 Å². The first kappa shape index (κ1) is 20.2. The molecule has 0 radical (unpaired) electrons. The van der Waals surface area contributed by atoms with E-state index in [0.717, 1.165) is 37.3 Å². The van der Waals surface area contributed by atoms with Crippen LogP contribution in [0.25, 0.3) is 6.08 Å². The molecular formula is C20H28N6O2. The Hall–Kier alpha value is -2.58. The number of rotatable bonds is 6. The van der Waals surface area contributed by atoms with Gasteiger partial charge < -0.3 is 0 Å². The summed E-state index contributed by atoms with van der Waals surface area (Å²) in [5.74, 6) is 0.242. The first-order valence-electron chi connectivity index (χ1n) is 9.62. The number of aromatic nitrogens is 4. The molecule has 1 amide bonds. The van der Waals surface area contributed by atoms with Gasteiger partial charge in [0.25, 0.3) is 5.91 Å². The molecule has 2 aromatic rings. The van der Waals surface area contributed by atoms with E-state index in [4.69, 9.17) is 5.21 Å². The number of hydrogen-bond donors (Lipinski definition) is 2. The van der Waals surface area contributed by atoms with Gasteiger partial charge >= 0.3 is 0 Å². The molecule has 1 unspecified atom stereocenters. The molecule has 0 aliphatic carbocycles. The Labute approximate surface area is 165 Å². The molecule has 1 aliphatic rings. The molecule has 0 bridgehead atoms. The number of likely N-dealkylation sites (tertiary alicyclic amines) is 1. The molecule has 2 heterocycles. The molecular weight excluding hydrogens is 356 g/mol. The predicted molar refractivity (Wildman–Crippen MR) is 105 cm³/mol. The highest BCUT2D eigenvalue weighted by molar-refractivity contribution is 5.90. The average molecular weight is 384 g/mol. The van der Waals surface area contributed by atoms with Gasteiger partial charge in [0.1, 0.15) is 0 Å². The first-order valence-corrected chi connectivity index (χ1v) is 9.62. The summed E-state index contributed by atoms with van der Waals surface area (Å²) >= 11 is 0. The van der Waals surface area contributed by atoms with E-state index in [1.54, 1.807) is 16.4 Å². The lowest BCUT2D eigenvalue weighted by Gasteiger charge is -2.24. The van der Waals surface area contributed by atoms with Gasteiger partial charge in [-0.3, -0.25) is 14.9 Å². The highest BCUT2D eigenvalue weighted by Gasteiger charge is 2.26.